The van der Waals surface area contributed by atoms with Crippen molar-refractivity contribution >= 4 is 21.3 Å². The summed E-state index contributed by atoms with van der Waals surface area (Å²) < 4.78 is 3.01. The minimum atomic E-state index is 0.0341. The first kappa shape index (κ1) is 6.48. The van der Waals surface area contributed by atoms with Crippen molar-refractivity contribution in [2.75, 3.05) is 6.61 Å². The van der Waals surface area contributed by atoms with Crippen molar-refractivity contribution in [3.63, 3.8) is 0 Å². The molecule has 0 radical (unpaired) electrons. The van der Waals surface area contributed by atoms with Crippen molar-refractivity contribution in [2.24, 2.45) is 0 Å². The van der Waals surface area contributed by atoms with E-state index in [0.29, 0.717) is 0 Å². The van der Waals surface area contributed by atoms with Gasteiger partial charge in [0.15, 0.2) is 0 Å². The summed E-state index contributed by atoms with van der Waals surface area (Å²) in [5.41, 5.74) is 0.0341. The molecule has 1 aliphatic carbocycles. The van der Waals surface area contributed by atoms with Crippen molar-refractivity contribution in [1.82, 2.24) is 4.72 Å². The largest absolute Gasteiger partial charge is 0.394 e. The quantitative estimate of drug-likeness (QED) is 0.399. The van der Waals surface area contributed by atoms with Gasteiger partial charge in [0.1, 0.15) is 0 Å². The molecule has 2 N–H and O–H groups in total. The van der Waals surface area contributed by atoms with Gasteiger partial charge in [-0.25, -0.2) is 4.72 Å². The van der Waals surface area contributed by atoms with Gasteiger partial charge in [0, 0.05) is 0 Å². The van der Waals surface area contributed by atoms with Crippen LogP contribution in [-0.4, -0.2) is 17.3 Å². The molecule has 0 bridgehead atoms. The zero-order chi connectivity index (χ0) is 6.04. The summed E-state index contributed by atoms with van der Waals surface area (Å²) in [6.45, 7) is 0.237. The maximum absolute atomic E-state index is 8.68. The van der Waals surface area contributed by atoms with Gasteiger partial charge in [-0.15, -0.1) is 11.0 Å². The average Bonchev–Trinajstić information content (AvgIpc) is 2.50. The first-order chi connectivity index (χ1) is 3.83. The van der Waals surface area contributed by atoms with Crippen LogP contribution in [0.2, 0.25) is 0 Å². The molecule has 0 aromatic heterocycles. The maximum Gasteiger partial charge on any atom is 0.0625 e. The third-order valence-electron chi connectivity index (χ3n) is 1.42. The van der Waals surface area contributed by atoms with Gasteiger partial charge in [0.25, 0.3) is 0 Å². The maximum atomic E-state index is 8.68. The predicted molar refractivity (Wildman–Crippen MR) is 38.8 cm³/mol. The molecule has 1 rings (SSSR count). The molecule has 2 nitrogen and oxygen atoms in total. The number of nitrogens with one attached hydrogen (secondary N) is 1. The Kier molecular flexibility index (Phi) is 1.87. The topological polar surface area (TPSA) is 32.3 Å². The molecule has 0 amide bonds. The van der Waals surface area contributed by atoms with Crippen molar-refractivity contribution in [3.05, 3.63) is 0 Å². The first-order valence-electron chi connectivity index (χ1n) is 2.51. The third-order valence-corrected chi connectivity index (χ3v) is 2.22. The highest BCUT2D eigenvalue weighted by molar-refractivity contribution is 8.26. The number of aliphatic hydroxyl groups excluding tert-OH is 1. The number of rotatable bonds is 2. The molecule has 1 fully saturated rings. The molecule has 0 saturated heterocycles. The fourth-order valence-corrected chi connectivity index (χ4v) is 1.58. The van der Waals surface area contributed by atoms with E-state index in [2.05, 4.69) is 15.7 Å². The van der Waals surface area contributed by atoms with Crippen LogP contribution < -0.4 is 4.72 Å². The van der Waals surface area contributed by atoms with E-state index in [9.17, 15) is 0 Å². The molecule has 1 saturated carbocycles. The molecule has 8 heavy (non-hydrogen) atoms. The average molecular weight is 151 g/mol. The predicted octanol–water partition coefficient (Wildman–Crippen LogP) is 0.594. The molecule has 4 heteroatoms. The first-order valence-corrected chi connectivity index (χ1v) is 4.38. The minimum absolute atomic E-state index is 0.0341. The van der Waals surface area contributed by atoms with Crippen LogP contribution in [0.5, 0.6) is 0 Å². The molecular formula is C4H9NOS2. The number of hydrogen-bond donors (Lipinski definition) is 3. The highest BCUT2D eigenvalue weighted by Crippen LogP contribution is 2.35. The lowest BCUT2D eigenvalue weighted by molar-refractivity contribution is 0.249. The second-order valence-electron chi connectivity index (χ2n) is 2.13. The lowest BCUT2D eigenvalue weighted by atomic mass is 10.3. The minimum Gasteiger partial charge on any atom is -0.394 e. The molecule has 0 spiro atoms. The fraction of sp³-hybridized carbons (Fsp3) is 1.00. The Hall–Kier alpha value is 0.360. The highest BCUT2D eigenvalue weighted by Gasteiger charge is 2.41. The molecule has 0 aliphatic heterocycles. The number of thiol groups is 1. The van der Waals surface area contributed by atoms with Crippen LogP contribution in [0.15, 0.2) is 0 Å². The standard InChI is InChI=1S/C4H9NOS2/c6-3-4(1-2-4)5-8-7/h5-7H,1-3H2. The summed E-state index contributed by atoms with van der Waals surface area (Å²) in [7, 11) is 5.18. The van der Waals surface area contributed by atoms with E-state index in [-0.39, 0.29) is 12.1 Å². The zero-order valence-electron chi connectivity index (χ0n) is 4.42. The van der Waals surface area contributed by atoms with Gasteiger partial charge >= 0.3 is 0 Å². The zero-order valence-corrected chi connectivity index (χ0v) is 6.13. The summed E-state index contributed by atoms with van der Waals surface area (Å²) in [6.07, 6.45) is 2.16. The summed E-state index contributed by atoms with van der Waals surface area (Å²) in [4.78, 5) is 0. The Morgan fingerprint density at radius 3 is 2.50 bits per heavy atom. The lowest BCUT2D eigenvalue weighted by Gasteiger charge is -2.05. The van der Waals surface area contributed by atoms with Crippen LogP contribution >= 0.6 is 21.3 Å². The van der Waals surface area contributed by atoms with Gasteiger partial charge in [0.2, 0.25) is 0 Å². The molecule has 0 atom stereocenters. The van der Waals surface area contributed by atoms with Crippen LogP contribution in [0, 0.1) is 0 Å². The van der Waals surface area contributed by atoms with E-state index in [1.54, 1.807) is 0 Å². The molecule has 0 unspecified atom stereocenters. The molecule has 0 aromatic rings. The van der Waals surface area contributed by atoms with E-state index < -0.39 is 0 Å². The fourth-order valence-electron chi connectivity index (χ4n) is 0.540. The van der Waals surface area contributed by atoms with Crippen molar-refractivity contribution in [2.45, 2.75) is 18.4 Å². The Bertz CT molecular complexity index is 126. The van der Waals surface area contributed by atoms with E-state index in [1.165, 1.54) is 10.3 Å². The second kappa shape index (κ2) is 2.31. The second-order valence-corrected chi connectivity index (χ2v) is 3.07. The van der Waals surface area contributed by atoms with Gasteiger partial charge < -0.3 is 5.11 Å². The van der Waals surface area contributed by atoms with E-state index >= 15 is 0 Å². The van der Waals surface area contributed by atoms with Crippen molar-refractivity contribution in [3.8, 4) is 0 Å². The molecular weight excluding hydrogens is 142 g/mol. The smallest absolute Gasteiger partial charge is 0.0625 e. The monoisotopic (exact) mass is 151 g/mol. The van der Waals surface area contributed by atoms with E-state index in [1.807, 2.05) is 0 Å². The molecule has 0 heterocycles. The van der Waals surface area contributed by atoms with Crippen LogP contribution in [0.3, 0.4) is 0 Å². The van der Waals surface area contributed by atoms with Gasteiger partial charge in [0.05, 0.1) is 12.1 Å². The summed E-state index contributed by atoms with van der Waals surface area (Å²) in [5, 5.41) is 8.68. The van der Waals surface area contributed by atoms with Crippen molar-refractivity contribution in [1.29, 1.82) is 0 Å². The van der Waals surface area contributed by atoms with Crippen LogP contribution in [0.1, 0.15) is 12.8 Å². The Balaban J connectivity index is 2.33. The van der Waals surface area contributed by atoms with E-state index in [4.69, 9.17) is 5.11 Å². The van der Waals surface area contributed by atoms with Crippen LogP contribution in [0.4, 0.5) is 0 Å². The highest BCUT2D eigenvalue weighted by atomic mass is 32.7. The molecule has 0 aromatic carbocycles. The summed E-state index contributed by atoms with van der Waals surface area (Å²) >= 11 is 0. The van der Waals surface area contributed by atoms with E-state index in [0.717, 1.165) is 12.8 Å². The SMILES string of the molecule is OCC1(NS#[SH])CC1. The van der Waals surface area contributed by atoms with Crippen LogP contribution in [0.25, 0.3) is 0 Å². The summed E-state index contributed by atoms with van der Waals surface area (Å²) in [5.74, 6) is 0. The third kappa shape index (κ3) is 1.20. The van der Waals surface area contributed by atoms with Gasteiger partial charge in [-0.2, -0.15) is 0 Å². The molecule has 1 aliphatic rings. The van der Waals surface area contributed by atoms with Crippen molar-refractivity contribution < 1.29 is 5.11 Å². The lowest BCUT2D eigenvalue weighted by Crippen LogP contribution is -2.27. The Morgan fingerprint density at radius 1 is 1.75 bits per heavy atom. The molecule has 48 valence electrons. The van der Waals surface area contributed by atoms with Crippen LogP contribution in [-0.2, 0) is 0 Å². The normalized spacial score (nSPS) is 22.6. The summed E-state index contributed by atoms with van der Waals surface area (Å²) in [6, 6.07) is 0. The Morgan fingerprint density at radius 2 is 2.38 bits per heavy atom. The number of hydrogen-bond acceptors (Lipinski definition) is 2. The number of aliphatic hydroxyl groups is 1. The van der Waals surface area contributed by atoms with Gasteiger partial charge in [-0.3, -0.25) is 0 Å². The Labute approximate surface area is 56.6 Å². The van der Waals surface area contributed by atoms with Gasteiger partial charge in [-0.05, 0) is 23.1 Å². The van der Waals surface area contributed by atoms with Gasteiger partial charge in [-0.1, -0.05) is 0 Å².